The van der Waals surface area contributed by atoms with Crippen LogP contribution in [-0.2, 0) is 0 Å². The highest BCUT2D eigenvalue weighted by Crippen LogP contribution is 2.25. The minimum Gasteiger partial charge on any atom is -0.496 e. The van der Waals surface area contributed by atoms with Crippen LogP contribution in [0.4, 0.5) is 0 Å². The van der Waals surface area contributed by atoms with Gasteiger partial charge in [-0.1, -0.05) is 11.6 Å². The normalized spacial score (nSPS) is 15.8. The Morgan fingerprint density at radius 2 is 2.25 bits per heavy atom. The third-order valence-electron chi connectivity index (χ3n) is 2.59. The first-order valence-corrected chi connectivity index (χ1v) is 5.38. The van der Waals surface area contributed by atoms with Crippen LogP contribution in [0, 0.1) is 0 Å². The zero-order chi connectivity index (χ0) is 11.7. The topological polar surface area (TPSA) is 55.6 Å². The van der Waals surface area contributed by atoms with Gasteiger partial charge in [0.05, 0.1) is 12.7 Å². The highest BCUT2D eigenvalue weighted by atomic mass is 35.5. The molecule has 1 aromatic rings. The van der Waals surface area contributed by atoms with Gasteiger partial charge < -0.3 is 15.4 Å². The molecule has 2 rings (SSSR count). The van der Waals surface area contributed by atoms with Crippen molar-refractivity contribution in [1.29, 1.82) is 0 Å². The first-order chi connectivity index (χ1) is 7.61. The van der Waals surface area contributed by atoms with Gasteiger partial charge in [0.1, 0.15) is 5.75 Å². The van der Waals surface area contributed by atoms with Gasteiger partial charge in [-0.05, 0) is 18.2 Å². The van der Waals surface area contributed by atoms with Crippen molar-refractivity contribution in [3.8, 4) is 5.75 Å². The molecule has 1 fully saturated rings. The number of nitrogens with two attached hydrogens (primary N) is 1. The molecule has 5 heteroatoms. The molecule has 0 bridgehead atoms. The maximum Gasteiger partial charge on any atom is 0.257 e. The Morgan fingerprint density at radius 3 is 2.81 bits per heavy atom. The fraction of sp³-hybridized carbons (Fsp3) is 0.364. The molecule has 0 unspecified atom stereocenters. The van der Waals surface area contributed by atoms with Crippen LogP contribution in [0.15, 0.2) is 18.2 Å². The molecule has 4 nitrogen and oxygen atoms in total. The summed E-state index contributed by atoms with van der Waals surface area (Å²) in [6.07, 6.45) is 0. The summed E-state index contributed by atoms with van der Waals surface area (Å²) < 4.78 is 5.13. The first kappa shape index (κ1) is 11.2. The molecule has 86 valence electrons. The van der Waals surface area contributed by atoms with E-state index in [9.17, 15) is 4.79 Å². The van der Waals surface area contributed by atoms with E-state index in [4.69, 9.17) is 22.1 Å². The molecular weight excluding hydrogens is 228 g/mol. The molecule has 16 heavy (non-hydrogen) atoms. The van der Waals surface area contributed by atoms with Crippen LogP contribution < -0.4 is 10.5 Å². The predicted molar refractivity (Wildman–Crippen MR) is 61.9 cm³/mol. The van der Waals surface area contributed by atoms with Crippen molar-refractivity contribution in [1.82, 2.24) is 4.90 Å². The smallest absolute Gasteiger partial charge is 0.257 e. The van der Waals surface area contributed by atoms with E-state index in [0.29, 0.717) is 29.4 Å². The van der Waals surface area contributed by atoms with Gasteiger partial charge in [0, 0.05) is 24.2 Å². The number of rotatable bonds is 2. The Labute approximate surface area is 98.9 Å². The van der Waals surface area contributed by atoms with Gasteiger partial charge in [0.25, 0.3) is 5.91 Å². The standard InChI is InChI=1S/C11H13ClN2O2/c1-16-10-4-7(12)2-3-9(10)11(15)14-5-8(13)6-14/h2-4,8H,5-6,13H2,1H3. The number of carbonyl (C=O) groups excluding carboxylic acids is 1. The second kappa shape index (κ2) is 4.31. The van der Waals surface area contributed by atoms with Crippen molar-refractivity contribution < 1.29 is 9.53 Å². The lowest BCUT2D eigenvalue weighted by Crippen LogP contribution is -2.57. The number of amides is 1. The molecule has 1 saturated heterocycles. The van der Waals surface area contributed by atoms with Gasteiger partial charge in [-0.3, -0.25) is 4.79 Å². The fourth-order valence-electron chi connectivity index (χ4n) is 1.69. The number of nitrogens with zero attached hydrogens (tertiary/aromatic N) is 1. The Bertz CT molecular complexity index is 416. The van der Waals surface area contributed by atoms with Crippen molar-refractivity contribution in [2.75, 3.05) is 20.2 Å². The first-order valence-electron chi connectivity index (χ1n) is 5.00. The number of ether oxygens (including phenoxy) is 1. The van der Waals surface area contributed by atoms with Gasteiger partial charge in [-0.15, -0.1) is 0 Å². The summed E-state index contributed by atoms with van der Waals surface area (Å²) in [6.45, 7) is 1.20. The summed E-state index contributed by atoms with van der Waals surface area (Å²) in [5, 5.41) is 0.550. The largest absolute Gasteiger partial charge is 0.496 e. The number of methoxy groups -OCH3 is 1. The lowest BCUT2D eigenvalue weighted by atomic mass is 10.1. The van der Waals surface area contributed by atoms with Crippen LogP contribution in [0.2, 0.25) is 5.02 Å². The van der Waals surface area contributed by atoms with E-state index in [1.807, 2.05) is 0 Å². The summed E-state index contributed by atoms with van der Waals surface area (Å²) in [7, 11) is 1.52. The lowest BCUT2D eigenvalue weighted by Gasteiger charge is -2.37. The highest BCUT2D eigenvalue weighted by molar-refractivity contribution is 6.30. The molecule has 0 aliphatic carbocycles. The maximum atomic E-state index is 12.0. The second-order valence-electron chi connectivity index (χ2n) is 3.81. The number of hydrogen-bond acceptors (Lipinski definition) is 3. The summed E-state index contributed by atoms with van der Waals surface area (Å²) in [5.41, 5.74) is 6.16. The van der Waals surface area contributed by atoms with Gasteiger partial charge in [-0.25, -0.2) is 0 Å². The van der Waals surface area contributed by atoms with E-state index in [0.717, 1.165) is 0 Å². The van der Waals surface area contributed by atoms with Crippen LogP contribution >= 0.6 is 11.6 Å². The number of likely N-dealkylation sites (tertiary alicyclic amines) is 1. The zero-order valence-corrected chi connectivity index (χ0v) is 9.70. The van der Waals surface area contributed by atoms with E-state index in [1.165, 1.54) is 7.11 Å². The van der Waals surface area contributed by atoms with E-state index in [1.54, 1.807) is 23.1 Å². The fourth-order valence-corrected chi connectivity index (χ4v) is 1.85. The molecule has 0 saturated carbocycles. The minimum atomic E-state index is -0.0600. The van der Waals surface area contributed by atoms with Crippen LogP contribution in [-0.4, -0.2) is 37.0 Å². The minimum absolute atomic E-state index is 0.0600. The van der Waals surface area contributed by atoms with E-state index < -0.39 is 0 Å². The predicted octanol–water partition coefficient (Wildman–Crippen LogP) is 1.13. The van der Waals surface area contributed by atoms with Gasteiger partial charge in [0.2, 0.25) is 0 Å². The number of hydrogen-bond donors (Lipinski definition) is 1. The van der Waals surface area contributed by atoms with Crippen molar-refractivity contribution >= 4 is 17.5 Å². The SMILES string of the molecule is COc1cc(Cl)ccc1C(=O)N1CC(N)C1. The summed E-state index contributed by atoms with van der Waals surface area (Å²) in [5.74, 6) is 0.438. The molecule has 1 aromatic carbocycles. The molecule has 1 aliphatic heterocycles. The Balaban J connectivity index is 2.22. The van der Waals surface area contributed by atoms with E-state index >= 15 is 0 Å². The van der Waals surface area contributed by atoms with Crippen molar-refractivity contribution in [3.63, 3.8) is 0 Å². The quantitative estimate of drug-likeness (QED) is 0.843. The van der Waals surface area contributed by atoms with E-state index in [2.05, 4.69) is 0 Å². The third-order valence-corrected chi connectivity index (χ3v) is 2.83. The zero-order valence-electron chi connectivity index (χ0n) is 8.94. The molecule has 1 aliphatic rings. The number of halogens is 1. The van der Waals surface area contributed by atoms with Crippen molar-refractivity contribution in [2.24, 2.45) is 5.73 Å². The monoisotopic (exact) mass is 240 g/mol. The van der Waals surface area contributed by atoms with Crippen LogP contribution in [0.5, 0.6) is 5.75 Å². The molecule has 0 radical (unpaired) electrons. The Kier molecular flexibility index (Phi) is 3.03. The van der Waals surface area contributed by atoms with Gasteiger partial charge in [-0.2, -0.15) is 0 Å². The molecule has 2 N–H and O–H groups in total. The van der Waals surface area contributed by atoms with Crippen LogP contribution in [0.1, 0.15) is 10.4 Å². The Hall–Kier alpha value is -1.26. The molecule has 1 heterocycles. The number of benzene rings is 1. The van der Waals surface area contributed by atoms with E-state index in [-0.39, 0.29) is 11.9 Å². The lowest BCUT2D eigenvalue weighted by molar-refractivity contribution is 0.0604. The number of carbonyl (C=O) groups is 1. The summed E-state index contributed by atoms with van der Waals surface area (Å²) in [6, 6.07) is 5.08. The summed E-state index contributed by atoms with van der Waals surface area (Å²) >= 11 is 5.83. The molecule has 1 amide bonds. The molecule has 0 aromatic heterocycles. The third kappa shape index (κ3) is 1.99. The van der Waals surface area contributed by atoms with Crippen molar-refractivity contribution in [2.45, 2.75) is 6.04 Å². The molecule has 0 atom stereocenters. The second-order valence-corrected chi connectivity index (χ2v) is 4.25. The highest BCUT2D eigenvalue weighted by Gasteiger charge is 2.29. The maximum absolute atomic E-state index is 12.0. The van der Waals surface area contributed by atoms with Crippen LogP contribution in [0.3, 0.4) is 0 Å². The van der Waals surface area contributed by atoms with Crippen LogP contribution in [0.25, 0.3) is 0 Å². The average molecular weight is 241 g/mol. The summed E-state index contributed by atoms with van der Waals surface area (Å²) in [4.78, 5) is 13.7. The van der Waals surface area contributed by atoms with Gasteiger partial charge in [0.15, 0.2) is 0 Å². The Morgan fingerprint density at radius 1 is 1.56 bits per heavy atom. The molecule has 0 spiro atoms. The van der Waals surface area contributed by atoms with Gasteiger partial charge >= 0.3 is 0 Å². The molecular formula is C11H13ClN2O2. The van der Waals surface area contributed by atoms with Crippen molar-refractivity contribution in [3.05, 3.63) is 28.8 Å². The average Bonchev–Trinajstić information content (AvgIpc) is 2.23.